The van der Waals surface area contributed by atoms with Crippen LogP contribution in [0.5, 0.6) is 0 Å². The molecule has 1 aromatic heterocycles. The van der Waals surface area contributed by atoms with Crippen LogP contribution in [-0.4, -0.2) is 53.9 Å². The van der Waals surface area contributed by atoms with Gasteiger partial charge < -0.3 is 4.90 Å². The molecule has 0 bridgehead atoms. The standard InChI is InChI=1S/C22H24ClF3N6O3S/c1-11-6-9-17(24)18(12(11)2)13(3)19(20-27-30-31-28-20)29-36(34,35)14-7-8-16(23)15(10-14)22(25,26)21(33)32(4)5/h6-10,13,19,29H,1-5H3,(H,27,28,30,31)/t13-,19+/m1/s1. The van der Waals surface area contributed by atoms with Crippen molar-refractivity contribution in [2.24, 2.45) is 0 Å². The summed E-state index contributed by atoms with van der Waals surface area (Å²) in [5, 5.41) is 12.9. The normalized spacial score (nSPS) is 13.9. The topological polar surface area (TPSA) is 121 Å². The Morgan fingerprint density at radius 1 is 1.19 bits per heavy atom. The number of hydrogen-bond acceptors (Lipinski definition) is 6. The van der Waals surface area contributed by atoms with Gasteiger partial charge in [0, 0.05) is 20.0 Å². The minimum Gasteiger partial charge on any atom is -0.343 e. The molecule has 0 aliphatic heterocycles. The van der Waals surface area contributed by atoms with Gasteiger partial charge in [0.1, 0.15) is 5.82 Å². The zero-order valence-corrected chi connectivity index (χ0v) is 21.5. The summed E-state index contributed by atoms with van der Waals surface area (Å²) in [4.78, 5) is 12.1. The zero-order valence-electron chi connectivity index (χ0n) is 20.0. The number of alkyl halides is 2. The second-order valence-corrected chi connectivity index (χ2v) is 10.6. The lowest BCUT2D eigenvalue weighted by atomic mass is 9.88. The summed E-state index contributed by atoms with van der Waals surface area (Å²) in [7, 11) is -2.26. The summed E-state index contributed by atoms with van der Waals surface area (Å²) in [6, 6.07) is 4.24. The molecule has 2 N–H and O–H groups in total. The lowest BCUT2D eigenvalue weighted by Gasteiger charge is -2.25. The van der Waals surface area contributed by atoms with Crippen molar-refractivity contribution in [1.82, 2.24) is 30.2 Å². The van der Waals surface area contributed by atoms with Gasteiger partial charge in [-0.15, -0.1) is 10.2 Å². The number of likely N-dealkylation sites (N-methyl/N-ethyl adjacent to an activating group) is 1. The zero-order chi connectivity index (χ0) is 27.0. The molecule has 3 aromatic rings. The molecular formula is C22H24ClF3N6O3S. The van der Waals surface area contributed by atoms with E-state index in [2.05, 4.69) is 25.3 Å². The number of nitrogens with one attached hydrogen (secondary N) is 2. The van der Waals surface area contributed by atoms with Crippen molar-refractivity contribution in [2.45, 2.75) is 43.5 Å². The fraction of sp³-hybridized carbons (Fsp3) is 0.364. The van der Waals surface area contributed by atoms with Crippen LogP contribution in [0, 0.1) is 19.7 Å². The average molecular weight is 545 g/mol. The van der Waals surface area contributed by atoms with E-state index >= 15 is 0 Å². The number of aromatic amines is 1. The van der Waals surface area contributed by atoms with Gasteiger partial charge in [-0.05, 0) is 54.8 Å². The van der Waals surface area contributed by atoms with Crippen LogP contribution in [0.1, 0.15) is 47.0 Å². The molecule has 0 radical (unpaired) electrons. The Labute approximate surface area is 211 Å². The van der Waals surface area contributed by atoms with Gasteiger partial charge in [-0.3, -0.25) is 4.79 Å². The maximum atomic E-state index is 14.8. The second-order valence-electron chi connectivity index (χ2n) is 8.48. The second kappa shape index (κ2) is 10.1. The van der Waals surface area contributed by atoms with Crippen molar-refractivity contribution < 1.29 is 26.4 Å². The van der Waals surface area contributed by atoms with E-state index in [4.69, 9.17) is 11.6 Å². The highest BCUT2D eigenvalue weighted by molar-refractivity contribution is 7.89. The van der Waals surface area contributed by atoms with Crippen LogP contribution in [0.25, 0.3) is 0 Å². The molecule has 0 saturated heterocycles. The fourth-order valence-electron chi connectivity index (χ4n) is 3.75. The van der Waals surface area contributed by atoms with Crippen molar-refractivity contribution >= 4 is 27.5 Å². The van der Waals surface area contributed by atoms with Crippen LogP contribution < -0.4 is 4.72 Å². The van der Waals surface area contributed by atoms with E-state index in [1.807, 2.05) is 0 Å². The van der Waals surface area contributed by atoms with Crippen molar-refractivity contribution in [2.75, 3.05) is 14.1 Å². The number of aromatic nitrogens is 4. The van der Waals surface area contributed by atoms with Gasteiger partial charge in [0.05, 0.1) is 21.5 Å². The Morgan fingerprint density at radius 2 is 1.86 bits per heavy atom. The van der Waals surface area contributed by atoms with Gasteiger partial charge in [0.15, 0.2) is 5.82 Å². The van der Waals surface area contributed by atoms with E-state index < -0.39 is 55.1 Å². The first kappa shape index (κ1) is 27.6. The first-order valence-electron chi connectivity index (χ1n) is 10.6. The number of amides is 1. The van der Waals surface area contributed by atoms with Crippen LogP contribution in [0.2, 0.25) is 5.02 Å². The number of carbonyl (C=O) groups excluding carboxylic acids is 1. The molecule has 1 heterocycles. The summed E-state index contributed by atoms with van der Waals surface area (Å²) in [6.07, 6.45) is 0. The third-order valence-corrected chi connectivity index (χ3v) is 7.64. The average Bonchev–Trinajstić information content (AvgIpc) is 3.34. The number of hydrogen-bond donors (Lipinski definition) is 2. The Hall–Kier alpha value is -3.03. The first-order valence-corrected chi connectivity index (χ1v) is 12.5. The smallest absolute Gasteiger partial charge is 0.343 e. The Bertz CT molecular complexity index is 1380. The van der Waals surface area contributed by atoms with Crippen LogP contribution in [-0.2, 0) is 20.7 Å². The van der Waals surface area contributed by atoms with Crippen molar-refractivity contribution in [1.29, 1.82) is 0 Å². The summed E-state index contributed by atoms with van der Waals surface area (Å²) >= 11 is 5.91. The van der Waals surface area contributed by atoms with Gasteiger partial charge in [0.2, 0.25) is 10.0 Å². The molecule has 0 fully saturated rings. The molecule has 0 aliphatic carbocycles. The van der Waals surface area contributed by atoms with E-state index in [9.17, 15) is 26.4 Å². The molecule has 2 aromatic carbocycles. The van der Waals surface area contributed by atoms with Crippen LogP contribution in [0.4, 0.5) is 13.2 Å². The summed E-state index contributed by atoms with van der Waals surface area (Å²) in [5.41, 5.74) is 0.636. The van der Waals surface area contributed by atoms with Gasteiger partial charge in [-0.2, -0.15) is 18.7 Å². The first-order chi connectivity index (χ1) is 16.7. The maximum absolute atomic E-state index is 14.8. The number of carbonyl (C=O) groups is 1. The molecule has 0 unspecified atom stereocenters. The third-order valence-electron chi connectivity index (χ3n) is 5.87. The number of rotatable bonds is 8. The number of nitrogens with zero attached hydrogens (tertiary/aromatic N) is 4. The molecule has 1 amide bonds. The minimum atomic E-state index is -4.53. The summed E-state index contributed by atoms with van der Waals surface area (Å²) < 4.78 is 73.5. The van der Waals surface area contributed by atoms with Crippen LogP contribution >= 0.6 is 11.6 Å². The quantitative estimate of drug-likeness (QED) is 0.447. The summed E-state index contributed by atoms with van der Waals surface area (Å²) in [6.45, 7) is 5.05. The lowest BCUT2D eigenvalue weighted by Crippen LogP contribution is -2.38. The number of tetrazole rings is 1. The van der Waals surface area contributed by atoms with E-state index in [1.54, 1.807) is 26.8 Å². The molecule has 2 atom stereocenters. The van der Waals surface area contributed by atoms with E-state index in [0.717, 1.165) is 31.8 Å². The van der Waals surface area contributed by atoms with Crippen molar-refractivity contribution in [3.63, 3.8) is 0 Å². The minimum absolute atomic E-state index is 0.0892. The molecule has 36 heavy (non-hydrogen) atoms. The largest absolute Gasteiger partial charge is 0.351 e. The Balaban J connectivity index is 2.08. The lowest BCUT2D eigenvalue weighted by molar-refractivity contribution is -0.156. The van der Waals surface area contributed by atoms with Crippen molar-refractivity contribution in [3.05, 3.63) is 69.2 Å². The van der Waals surface area contributed by atoms with E-state index in [-0.39, 0.29) is 11.4 Å². The van der Waals surface area contributed by atoms with Gasteiger partial charge in [0.25, 0.3) is 5.91 Å². The van der Waals surface area contributed by atoms with Gasteiger partial charge in [-0.25, -0.2) is 12.8 Å². The molecule has 14 heteroatoms. The number of benzene rings is 2. The van der Waals surface area contributed by atoms with Gasteiger partial charge >= 0.3 is 5.92 Å². The molecule has 0 saturated carbocycles. The predicted octanol–water partition coefficient (Wildman–Crippen LogP) is 3.61. The molecule has 194 valence electrons. The molecule has 3 rings (SSSR count). The van der Waals surface area contributed by atoms with Crippen molar-refractivity contribution in [3.8, 4) is 0 Å². The highest BCUT2D eigenvalue weighted by atomic mass is 35.5. The molecular weight excluding hydrogens is 521 g/mol. The Morgan fingerprint density at radius 3 is 2.44 bits per heavy atom. The fourth-order valence-corrected chi connectivity index (χ4v) is 5.29. The van der Waals surface area contributed by atoms with Crippen LogP contribution in [0.3, 0.4) is 0 Å². The van der Waals surface area contributed by atoms with Gasteiger partial charge in [-0.1, -0.05) is 29.8 Å². The highest BCUT2D eigenvalue weighted by Gasteiger charge is 2.44. The summed E-state index contributed by atoms with van der Waals surface area (Å²) in [5.74, 6) is -7.15. The SMILES string of the molecule is Cc1ccc(F)c([C@@H](C)[C@H](NS(=O)(=O)c2ccc(Cl)c(C(F)(F)C(=O)N(C)C)c2)c2nn[nH]n2)c1C. The third kappa shape index (κ3) is 5.22. The number of halogens is 4. The molecule has 0 aliphatic rings. The number of aryl methyl sites for hydroxylation is 1. The Kier molecular flexibility index (Phi) is 7.77. The molecule has 9 nitrogen and oxygen atoms in total. The predicted molar refractivity (Wildman–Crippen MR) is 126 cm³/mol. The maximum Gasteiger partial charge on any atom is 0.351 e. The highest BCUT2D eigenvalue weighted by Crippen LogP contribution is 2.38. The monoisotopic (exact) mass is 544 g/mol. The van der Waals surface area contributed by atoms with E-state index in [0.29, 0.717) is 16.5 Å². The number of sulfonamides is 1. The molecule has 0 spiro atoms. The number of H-pyrrole nitrogens is 1. The van der Waals surface area contributed by atoms with E-state index in [1.165, 1.54) is 6.07 Å². The van der Waals surface area contributed by atoms with Crippen LogP contribution in [0.15, 0.2) is 35.2 Å².